The lowest BCUT2D eigenvalue weighted by Crippen LogP contribution is -2.52. The molecular weight excluding hydrogens is 439 g/mol. The van der Waals surface area contributed by atoms with E-state index in [4.69, 9.17) is 23.2 Å². The molecule has 0 radical (unpaired) electrons. The Labute approximate surface area is 199 Å². The average molecular weight is 465 g/mol. The summed E-state index contributed by atoms with van der Waals surface area (Å²) in [7, 11) is 0. The van der Waals surface area contributed by atoms with Crippen LogP contribution in [-0.2, 0) is 4.79 Å². The number of rotatable bonds is 5. The number of carbonyl (C=O) groups excluding carboxylic acids is 1. The van der Waals surface area contributed by atoms with E-state index in [0.29, 0.717) is 28.7 Å². The van der Waals surface area contributed by atoms with Crippen LogP contribution >= 0.6 is 23.2 Å². The van der Waals surface area contributed by atoms with E-state index in [9.17, 15) is 4.79 Å². The Kier molecular flexibility index (Phi) is 6.41. The molecule has 1 aliphatic rings. The highest BCUT2D eigenvalue weighted by atomic mass is 35.5. The molecule has 0 bridgehead atoms. The van der Waals surface area contributed by atoms with Gasteiger partial charge >= 0.3 is 0 Å². The molecule has 4 rings (SSSR count). The van der Waals surface area contributed by atoms with E-state index < -0.39 is 5.41 Å². The molecule has 2 aromatic carbocycles. The van der Waals surface area contributed by atoms with Crippen molar-refractivity contribution in [1.82, 2.24) is 4.98 Å². The third-order valence-corrected chi connectivity index (χ3v) is 6.78. The van der Waals surface area contributed by atoms with Crippen LogP contribution in [0.2, 0.25) is 10.0 Å². The zero-order chi connectivity index (χ0) is 22.9. The predicted octanol–water partition coefficient (Wildman–Crippen LogP) is 7.54. The highest BCUT2D eigenvalue weighted by molar-refractivity contribution is 6.30. The zero-order valence-electron chi connectivity index (χ0n) is 18.3. The number of carbonyl (C=O) groups is 1. The van der Waals surface area contributed by atoms with Gasteiger partial charge in [-0.1, -0.05) is 60.5 Å². The van der Waals surface area contributed by atoms with Gasteiger partial charge in [0.2, 0.25) is 5.91 Å². The number of anilines is 1. The number of aromatic nitrogens is 1. The largest absolute Gasteiger partial charge is 0.288 e. The molecule has 1 amide bonds. The van der Waals surface area contributed by atoms with Gasteiger partial charge in [0.25, 0.3) is 0 Å². The molecule has 3 nitrogen and oxygen atoms in total. The Morgan fingerprint density at radius 1 is 1.09 bits per heavy atom. The topological polar surface area (TPSA) is 33.2 Å². The molecule has 0 saturated carbocycles. The van der Waals surface area contributed by atoms with Crippen LogP contribution in [0.25, 0.3) is 0 Å². The van der Waals surface area contributed by atoms with Crippen LogP contribution in [0.4, 0.5) is 5.82 Å². The fourth-order valence-electron chi connectivity index (χ4n) is 4.75. The van der Waals surface area contributed by atoms with E-state index in [-0.39, 0.29) is 17.9 Å². The van der Waals surface area contributed by atoms with Gasteiger partial charge in [0, 0.05) is 22.2 Å². The van der Waals surface area contributed by atoms with Gasteiger partial charge < -0.3 is 0 Å². The van der Waals surface area contributed by atoms with Crippen LogP contribution in [0, 0.1) is 12.3 Å². The van der Waals surface area contributed by atoms with Gasteiger partial charge in [-0.05, 0) is 72.9 Å². The summed E-state index contributed by atoms with van der Waals surface area (Å²) >= 11 is 12.6. The number of hydrogen-bond donors (Lipinski definition) is 0. The molecule has 3 aromatic rings. The molecule has 0 N–H and O–H groups in total. The van der Waals surface area contributed by atoms with Crippen molar-refractivity contribution in [3.63, 3.8) is 0 Å². The molecule has 0 aliphatic carbocycles. The van der Waals surface area contributed by atoms with E-state index >= 15 is 0 Å². The Morgan fingerprint density at radius 3 is 2.50 bits per heavy atom. The summed E-state index contributed by atoms with van der Waals surface area (Å²) in [5.41, 5.74) is 2.55. The molecule has 1 aromatic heterocycles. The van der Waals surface area contributed by atoms with Crippen molar-refractivity contribution in [3.8, 4) is 0 Å². The number of allylic oxidation sites excluding steroid dienone is 1. The maximum Gasteiger partial charge on any atom is 0.235 e. The van der Waals surface area contributed by atoms with Gasteiger partial charge in [-0.2, -0.15) is 0 Å². The third-order valence-electron chi connectivity index (χ3n) is 6.30. The molecule has 0 spiro atoms. The Bertz CT molecular complexity index is 1140. The number of halogens is 2. The summed E-state index contributed by atoms with van der Waals surface area (Å²) in [6.07, 6.45) is 4.84. The summed E-state index contributed by atoms with van der Waals surface area (Å²) in [5.74, 6) is 0.713. The minimum atomic E-state index is -0.608. The summed E-state index contributed by atoms with van der Waals surface area (Å²) in [5, 5.41) is 1.34. The molecule has 1 saturated heterocycles. The zero-order valence-corrected chi connectivity index (χ0v) is 19.8. The fourth-order valence-corrected chi connectivity index (χ4v) is 5.07. The fraction of sp³-hybridized carbons (Fsp3) is 0.259. The summed E-state index contributed by atoms with van der Waals surface area (Å²) < 4.78 is 0. The molecule has 0 unspecified atom stereocenters. The number of hydrogen-bond acceptors (Lipinski definition) is 2. The molecule has 2 heterocycles. The van der Waals surface area contributed by atoms with E-state index in [1.54, 1.807) is 6.20 Å². The van der Waals surface area contributed by atoms with Crippen molar-refractivity contribution >= 4 is 34.9 Å². The number of piperidine rings is 1. The summed E-state index contributed by atoms with van der Waals surface area (Å²) in [4.78, 5) is 20.5. The predicted molar refractivity (Wildman–Crippen MR) is 132 cm³/mol. The van der Waals surface area contributed by atoms with E-state index in [1.807, 2.05) is 79.4 Å². The first-order chi connectivity index (χ1) is 15.3. The standard InChI is InChI=1S/C27H26Cl2N2O/c1-4-13-27(3)17-23(20-6-5-7-22(29)16-20)25(19-8-10-21(28)11-9-19)31(26(27)32)24-15-18(2)12-14-30-24/h4-12,14-16,23,25H,1,13,17H2,2-3H3/t23-,25-,27+/m1/s1. The van der Waals surface area contributed by atoms with Crippen molar-refractivity contribution in [2.75, 3.05) is 4.90 Å². The number of pyridine rings is 1. The molecule has 3 atom stereocenters. The lowest BCUT2D eigenvalue weighted by molar-refractivity contribution is -0.131. The highest BCUT2D eigenvalue weighted by Gasteiger charge is 2.50. The van der Waals surface area contributed by atoms with Crippen molar-refractivity contribution in [2.45, 2.75) is 38.6 Å². The molecule has 164 valence electrons. The lowest BCUT2D eigenvalue weighted by Gasteiger charge is -2.48. The molecular formula is C27H26Cl2N2O. The normalized spacial score (nSPS) is 23.2. The Balaban J connectivity index is 1.95. The second-order valence-electron chi connectivity index (χ2n) is 8.78. The van der Waals surface area contributed by atoms with E-state index in [2.05, 4.69) is 17.6 Å². The second-order valence-corrected chi connectivity index (χ2v) is 9.65. The van der Waals surface area contributed by atoms with Gasteiger partial charge in [0.15, 0.2) is 0 Å². The van der Waals surface area contributed by atoms with Crippen LogP contribution in [0.15, 0.2) is 79.5 Å². The number of aryl methyl sites for hydroxylation is 1. The number of benzene rings is 2. The van der Waals surface area contributed by atoms with Crippen molar-refractivity contribution in [3.05, 3.63) is 106 Å². The first-order valence-electron chi connectivity index (χ1n) is 10.7. The monoisotopic (exact) mass is 464 g/mol. The van der Waals surface area contributed by atoms with Gasteiger partial charge in [-0.15, -0.1) is 6.58 Å². The van der Waals surface area contributed by atoms with E-state index in [0.717, 1.165) is 16.7 Å². The molecule has 5 heteroatoms. The maximum atomic E-state index is 14.0. The maximum absolute atomic E-state index is 14.0. The molecule has 1 aliphatic heterocycles. The first kappa shape index (κ1) is 22.6. The summed E-state index contributed by atoms with van der Waals surface area (Å²) in [6, 6.07) is 19.3. The Morgan fingerprint density at radius 2 is 1.84 bits per heavy atom. The summed E-state index contributed by atoms with van der Waals surface area (Å²) in [6.45, 7) is 7.95. The first-order valence-corrected chi connectivity index (χ1v) is 11.5. The van der Waals surface area contributed by atoms with Gasteiger partial charge in [-0.25, -0.2) is 4.98 Å². The van der Waals surface area contributed by atoms with Crippen molar-refractivity contribution < 1.29 is 4.79 Å². The van der Waals surface area contributed by atoms with Crippen molar-refractivity contribution in [1.29, 1.82) is 0 Å². The SMILES string of the molecule is C=CC[C@@]1(C)C[C@H](c2cccc(Cl)c2)[C@@H](c2ccc(Cl)cc2)N(c2cc(C)ccn2)C1=O. The van der Waals surface area contributed by atoms with Crippen LogP contribution in [0.3, 0.4) is 0 Å². The smallest absolute Gasteiger partial charge is 0.235 e. The lowest BCUT2D eigenvalue weighted by atomic mass is 9.67. The Hall–Kier alpha value is -2.62. The minimum absolute atomic E-state index is 0.0137. The minimum Gasteiger partial charge on any atom is -0.288 e. The van der Waals surface area contributed by atoms with Crippen LogP contribution in [0.1, 0.15) is 48.4 Å². The average Bonchev–Trinajstić information content (AvgIpc) is 2.76. The van der Waals surface area contributed by atoms with Gasteiger partial charge in [0.1, 0.15) is 5.82 Å². The van der Waals surface area contributed by atoms with Crippen LogP contribution in [0.5, 0.6) is 0 Å². The highest BCUT2D eigenvalue weighted by Crippen LogP contribution is 2.52. The van der Waals surface area contributed by atoms with Gasteiger partial charge in [-0.3, -0.25) is 9.69 Å². The third kappa shape index (κ3) is 4.32. The second kappa shape index (κ2) is 9.09. The molecule has 32 heavy (non-hydrogen) atoms. The van der Waals surface area contributed by atoms with Crippen LogP contribution < -0.4 is 4.90 Å². The van der Waals surface area contributed by atoms with Crippen molar-refractivity contribution in [2.24, 2.45) is 5.41 Å². The number of nitrogens with zero attached hydrogens (tertiary/aromatic N) is 2. The van der Waals surface area contributed by atoms with Crippen LogP contribution in [-0.4, -0.2) is 10.9 Å². The number of amides is 1. The quantitative estimate of drug-likeness (QED) is 0.365. The van der Waals surface area contributed by atoms with E-state index in [1.165, 1.54) is 0 Å². The molecule has 1 fully saturated rings. The van der Waals surface area contributed by atoms with Gasteiger partial charge in [0.05, 0.1) is 11.5 Å².